The van der Waals surface area contributed by atoms with Gasteiger partial charge in [-0.3, -0.25) is 0 Å². The van der Waals surface area contributed by atoms with Gasteiger partial charge < -0.3 is 20.5 Å². The molecule has 4 rings (SSSR count). The number of carbonyl (C=O) groups is 1. The summed E-state index contributed by atoms with van der Waals surface area (Å²) < 4.78 is 5.72. The fourth-order valence-corrected chi connectivity index (χ4v) is 2.61. The summed E-state index contributed by atoms with van der Waals surface area (Å²) in [7, 11) is 0. The number of aromatic carboxylic acids is 1. The highest BCUT2D eigenvalue weighted by molar-refractivity contribution is 5.88. The van der Waals surface area contributed by atoms with E-state index in [1.165, 1.54) is 12.1 Å². The van der Waals surface area contributed by atoms with Crippen LogP contribution in [0.5, 0.6) is 11.8 Å². The minimum absolute atomic E-state index is 0.0180. The molecule has 3 N–H and O–H groups in total. The Kier molecular flexibility index (Phi) is 5.47. The van der Waals surface area contributed by atoms with Crippen LogP contribution in [-0.2, 0) is 0 Å². The predicted octanol–water partition coefficient (Wildman–Crippen LogP) is 4.85. The fraction of sp³-hybridized carbons (Fsp3) is 0. The lowest BCUT2D eigenvalue weighted by Gasteiger charge is -2.11. The first kappa shape index (κ1) is 18.9. The highest BCUT2D eigenvalue weighted by Gasteiger charge is 2.11. The van der Waals surface area contributed by atoms with Gasteiger partial charge in [-0.05, 0) is 42.5 Å². The lowest BCUT2D eigenvalue weighted by molar-refractivity contribution is 0.0696. The minimum atomic E-state index is -1.05. The lowest BCUT2D eigenvalue weighted by atomic mass is 10.2. The molecule has 0 aliphatic rings. The van der Waals surface area contributed by atoms with Crippen molar-refractivity contribution in [2.75, 3.05) is 10.6 Å². The van der Waals surface area contributed by atoms with Crippen molar-refractivity contribution in [3.63, 3.8) is 0 Å². The second-order valence-electron chi connectivity index (χ2n) is 6.18. The third-order valence-electron chi connectivity index (χ3n) is 3.96. The molecule has 0 radical (unpaired) electrons. The van der Waals surface area contributed by atoms with Crippen molar-refractivity contribution in [3.05, 3.63) is 90.5 Å². The Morgan fingerprint density at radius 2 is 1.30 bits per heavy atom. The van der Waals surface area contributed by atoms with E-state index in [0.29, 0.717) is 5.75 Å². The summed E-state index contributed by atoms with van der Waals surface area (Å²) in [4.78, 5) is 24.2. The monoisotopic (exact) mass is 399 g/mol. The molecule has 0 aliphatic heterocycles. The van der Waals surface area contributed by atoms with E-state index in [-0.39, 0.29) is 23.5 Å². The topological polar surface area (TPSA) is 109 Å². The molecule has 0 saturated carbocycles. The van der Waals surface area contributed by atoms with E-state index >= 15 is 0 Å². The Hall–Kier alpha value is -4.46. The molecule has 8 nitrogen and oxygen atoms in total. The first-order chi connectivity index (χ1) is 14.7. The molecule has 0 bridgehead atoms. The summed E-state index contributed by atoms with van der Waals surface area (Å²) in [6.45, 7) is 0. The molecule has 3 aromatic carbocycles. The van der Waals surface area contributed by atoms with Crippen molar-refractivity contribution < 1.29 is 14.6 Å². The minimum Gasteiger partial charge on any atom is -0.478 e. The zero-order valence-corrected chi connectivity index (χ0v) is 15.7. The Bertz CT molecular complexity index is 1090. The zero-order chi connectivity index (χ0) is 20.8. The second-order valence-corrected chi connectivity index (χ2v) is 6.18. The molecule has 30 heavy (non-hydrogen) atoms. The molecule has 0 unspecified atom stereocenters. The highest BCUT2D eigenvalue weighted by Crippen LogP contribution is 2.23. The predicted molar refractivity (Wildman–Crippen MR) is 113 cm³/mol. The van der Waals surface area contributed by atoms with Crippen LogP contribution in [0.15, 0.2) is 84.9 Å². The van der Waals surface area contributed by atoms with Crippen LogP contribution in [0.3, 0.4) is 0 Å². The van der Waals surface area contributed by atoms with Crippen LogP contribution < -0.4 is 15.4 Å². The number of ether oxygens (including phenoxy) is 1. The molecule has 0 aliphatic carbocycles. The Labute approximate surface area is 172 Å². The normalized spacial score (nSPS) is 10.3. The lowest BCUT2D eigenvalue weighted by Crippen LogP contribution is -2.05. The molecule has 0 amide bonds. The van der Waals surface area contributed by atoms with Crippen LogP contribution in [0.4, 0.5) is 23.3 Å². The molecule has 4 aromatic rings. The SMILES string of the molecule is O=C(O)c1cccc(Oc2nc(Nc3ccccc3)nc(Nc3ccccc3)n2)c1. The van der Waals surface area contributed by atoms with Crippen LogP contribution in [0, 0.1) is 0 Å². The molecule has 1 heterocycles. The van der Waals surface area contributed by atoms with Crippen molar-refractivity contribution in [1.82, 2.24) is 15.0 Å². The number of nitrogens with zero attached hydrogens (tertiary/aromatic N) is 3. The number of aromatic nitrogens is 3. The molecular weight excluding hydrogens is 382 g/mol. The van der Waals surface area contributed by atoms with Gasteiger partial charge in [-0.1, -0.05) is 42.5 Å². The first-order valence-corrected chi connectivity index (χ1v) is 9.07. The van der Waals surface area contributed by atoms with Gasteiger partial charge in [0.05, 0.1) is 5.56 Å². The number of hydrogen-bond donors (Lipinski definition) is 3. The summed E-state index contributed by atoms with van der Waals surface area (Å²) in [6, 6.07) is 25.0. The van der Waals surface area contributed by atoms with Gasteiger partial charge in [0.1, 0.15) is 5.75 Å². The number of nitrogens with one attached hydrogen (secondary N) is 2. The van der Waals surface area contributed by atoms with E-state index in [1.54, 1.807) is 12.1 Å². The quantitative estimate of drug-likeness (QED) is 0.405. The van der Waals surface area contributed by atoms with Gasteiger partial charge in [0.2, 0.25) is 11.9 Å². The van der Waals surface area contributed by atoms with E-state index < -0.39 is 5.97 Å². The maximum atomic E-state index is 11.2. The van der Waals surface area contributed by atoms with Crippen LogP contribution >= 0.6 is 0 Å². The van der Waals surface area contributed by atoms with Crippen molar-refractivity contribution in [2.45, 2.75) is 0 Å². The average Bonchev–Trinajstić information content (AvgIpc) is 2.75. The smallest absolute Gasteiger partial charge is 0.335 e. The van der Waals surface area contributed by atoms with Crippen molar-refractivity contribution in [1.29, 1.82) is 0 Å². The van der Waals surface area contributed by atoms with Crippen LogP contribution in [0.2, 0.25) is 0 Å². The first-order valence-electron chi connectivity index (χ1n) is 9.07. The standard InChI is InChI=1S/C22H17N5O3/c28-19(29)15-8-7-13-18(14-15)30-22-26-20(23-16-9-3-1-4-10-16)25-21(27-22)24-17-11-5-2-6-12-17/h1-14H,(H,28,29)(H2,23,24,25,26,27). The Balaban J connectivity index is 1.65. The van der Waals surface area contributed by atoms with E-state index in [2.05, 4.69) is 25.6 Å². The molecule has 0 fully saturated rings. The number of anilines is 4. The Morgan fingerprint density at radius 1 is 0.733 bits per heavy atom. The summed E-state index contributed by atoms with van der Waals surface area (Å²) >= 11 is 0. The third kappa shape index (κ3) is 4.87. The summed E-state index contributed by atoms with van der Waals surface area (Å²) in [6.07, 6.45) is 0. The van der Waals surface area contributed by atoms with Gasteiger partial charge in [0, 0.05) is 11.4 Å². The number of rotatable bonds is 7. The molecule has 0 saturated heterocycles. The molecule has 148 valence electrons. The van der Waals surface area contributed by atoms with E-state index in [1.807, 2.05) is 60.7 Å². The van der Waals surface area contributed by atoms with Gasteiger partial charge in [0.15, 0.2) is 0 Å². The van der Waals surface area contributed by atoms with Crippen molar-refractivity contribution >= 4 is 29.2 Å². The number of carboxylic acid groups (broad SMARTS) is 1. The molecular formula is C22H17N5O3. The van der Waals surface area contributed by atoms with Crippen LogP contribution in [0.1, 0.15) is 10.4 Å². The largest absolute Gasteiger partial charge is 0.478 e. The number of carboxylic acids is 1. The summed E-state index contributed by atoms with van der Waals surface area (Å²) in [5.74, 6) is -0.190. The number of para-hydroxylation sites is 2. The third-order valence-corrected chi connectivity index (χ3v) is 3.96. The van der Waals surface area contributed by atoms with E-state index in [0.717, 1.165) is 11.4 Å². The van der Waals surface area contributed by atoms with Crippen molar-refractivity contribution in [3.8, 4) is 11.8 Å². The Morgan fingerprint density at radius 3 is 1.83 bits per heavy atom. The van der Waals surface area contributed by atoms with Gasteiger partial charge >= 0.3 is 12.0 Å². The zero-order valence-electron chi connectivity index (χ0n) is 15.7. The van der Waals surface area contributed by atoms with Gasteiger partial charge in [0.25, 0.3) is 0 Å². The highest BCUT2D eigenvalue weighted by atomic mass is 16.5. The van der Waals surface area contributed by atoms with Gasteiger partial charge in [-0.2, -0.15) is 15.0 Å². The summed E-state index contributed by atoms with van der Waals surface area (Å²) in [5.41, 5.74) is 1.70. The number of hydrogen-bond acceptors (Lipinski definition) is 7. The van der Waals surface area contributed by atoms with Gasteiger partial charge in [-0.15, -0.1) is 0 Å². The molecule has 8 heteroatoms. The van der Waals surface area contributed by atoms with E-state index in [4.69, 9.17) is 4.74 Å². The average molecular weight is 399 g/mol. The van der Waals surface area contributed by atoms with Gasteiger partial charge in [-0.25, -0.2) is 4.79 Å². The second kappa shape index (κ2) is 8.70. The fourth-order valence-electron chi connectivity index (χ4n) is 2.61. The van der Waals surface area contributed by atoms with Crippen LogP contribution in [0.25, 0.3) is 0 Å². The van der Waals surface area contributed by atoms with Crippen LogP contribution in [-0.4, -0.2) is 26.0 Å². The number of benzene rings is 3. The maximum absolute atomic E-state index is 11.2. The maximum Gasteiger partial charge on any atom is 0.335 e. The molecule has 0 spiro atoms. The van der Waals surface area contributed by atoms with Crippen molar-refractivity contribution in [2.24, 2.45) is 0 Å². The van der Waals surface area contributed by atoms with E-state index in [9.17, 15) is 9.90 Å². The summed E-state index contributed by atoms with van der Waals surface area (Å²) in [5, 5.41) is 15.4. The molecule has 0 atom stereocenters. The molecule has 1 aromatic heterocycles.